The number of thioether (sulfide) groups is 1. The van der Waals surface area contributed by atoms with Crippen LogP contribution in [0.4, 0.5) is 10.5 Å². The molecular formula is C28H27ClN2O2S. The van der Waals surface area contributed by atoms with Gasteiger partial charge in [-0.05, 0) is 91.9 Å². The van der Waals surface area contributed by atoms with Crippen molar-refractivity contribution in [2.75, 3.05) is 4.90 Å². The summed E-state index contributed by atoms with van der Waals surface area (Å²) < 4.78 is 2.20. The van der Waals surface area contributed by atoms with Crippen LogP contribution in [-0.2, 0) is 4.79 Å². The van der Waals surface area contributed by atoms with Crippen molar-refractivity contribution in [2.24, 2.45) is 0 Å². The van der Waals surface area contributed by atoms with Gasteiger partial charge in [0, 0.05) is 17.1 Å². The second kappa shape index (κ2) is 9.47. The maximum Gasteiger partial charge on any atom is 0.298 e. The third-order valence-electron chi connectivity index (χ3n) is 6.87. The zero-order valence-electron chi connectivity index (χ0n) is 19.4. The molecule has 0 atom stereocenters. The summed E-state index contributed by atoms with van der Waals surface area (Å²) in [5, 5.41) is 0.0392. The Kier molecular flexibility index (Phi) is 6.41. The molecule has 2 fully saturated rings. The lowest BCUT2D eigenvalue weighted by atomic mass is 9.84. The molecule has 1 aliphatic heterocycles. The zero-order valence-corrected chi connectivity index (χ0v) is 21.0. The first-order valence-electron chi connectivity index (χ1n) is 11.8. The first-order chi connectivity index (χ1) is 16.4. The van der Waals surface area contributed by atoms with Crippen molar-refractivity contribution in [1.29, 1.82) is 0 Å². The van der Waals surface area contributed by atoms with Crippen molar-refractivity contribution in [3.63, 3.8) is 0 Å². The molecule has 2 aliphatic rings. The van der Waals surface area contributed by atoms with E-state index in [1.165, 1.54) is 37.7 Å². The molecule has 34 heavy (non-hydrogen) atoms. The van der Waals surface area contributed by atoms with Crippen LogP contribution in [0.25, 0.3) is 11.8 Å². The molecule has 3 aromatic rings. The van der Waals surface area contributed by atoms with E-state index in [0.717, 1.165) is 39.3 Å². The van der Waals surface area contributed by atoms with Crippen molar-refractivity contribution in [3.8, 4) is 5.69 Å². The number of para-hydroxylation sites is 1. The number of imide groups is 1. The lowest BCUT2D eigenvalue weighted by molar-refractivity contribution is -0.113. The number of nitrogens with zero attached hydrogens (tertiary/aromatic N) is 2. The van der Waals surface area contributed by atoms with Crippen LogP contribution in [0.3, 0.4) is 0 Å². The van der Waals surface area contributed by atoms with E-state index in [9.17, 15) is 9.59 Å². The fraction of sp³-hybridized carbons (Fsp3) is 0.286. The summed E-state index contributed by atoms with van der Waals surface area (Å²) in [5.74, 6) is 0.337. The molecule has 1 aromatic heterocycles. The molecule has 0 bridgehead atoms. The zero-order chi connectivity index (χ0) is 23.8. The molecular weight excluding hydrogens is 464 g/mol. The molecule has 1 saturated heterocycles. The van der Waals surface area contributed by atoms with Gasteiger partial charge in [0.15, 0.2) is 0 Å². The number of aromatic nitrogens is 1. The summed E-state index contributed by atoms with van der Waals surface area (Å²) in [5.41, 5.74) is 6.00. The molecule has 0 radical (unpaired) electrons. The summed E-state index contributed by atoms with van der Waals surface area (Å²) >= 11 is 7.19. The van der Waals surface area contributed by atoms with Gasteiger partial charge in [0.2, 0.25) is 0 Å². The fourth-order valence-electron chi connectivity index (χ4n) is 5.11. The van der Waals surface area contributed by atoms with Crippen molar-refractivity contribution in [2.45, 2.75) is 51.9 Å². The predicted octanol–water partition coefficient (Wildman–Crippen LogP) is 8.04. The number of rotatable bonds is 4. The summed E-state index contributed by atoms with van der Waals surface area (Å²) in [6, 6.07) is 17.9. The highest BCUT2D eigenvalue weighted by atomic mass is 35.5. The van der Waals surface area contributed by atoms with Gasteiger partial charge >= 0.3 is 0 Å². The Bertz CT molecular complexity index is 1290. The predicted molar refractivity (Wildman–Crippen MR) is 141 cm³/mol. The maximum absolute atomic E-state index is 13.1. The van der Waals surface area contributed by atoms with Crippen LogP contribution in [0, 0.1) is 13.8 Å². The molecule has 2 amide bonds. The number of benzene rings is 2. The van der Waals surface area contributed by atoms with Crippen LogP contribution >= 0.6 is 23.4 Å². The number of hydrogen-bond acceptors (Lipinski definition) is 3. The Balaban J connectivity index is 1.43. The standard InChI is InChI=1S/C28H27ClN2O2S/c1-18-16-22(17-26-27(32)31(28(33)34-26)25-11-7-6-10-24(25)29)19(2)30(18)23-14-12-21(13-15-23)20-8-4-3-5-9-20/h6-7,10-17,20H,3-5,8-9H2,1-2H3/b26-17-. The Morgan fingerprint density at radius 1 is 0.971 bits per heavy atom. The van der Waals surface area contributed by atoms with Crippen LogP contribution in [0.2, 0.25) is 5.02 Å². The summed E-state index contributed by atoms with van der Waals surface area (Å²) in [4.78, 5) is 27.3. The smallest absolute Gasteiger partial charge is 0.298 e. The van der Waals surface area contributed by atoms with E-state index < -0.39 is 0 Å². The highest BCUT2D eigenvalue weighted by molar-refractivity contribution is 8.19. The van der Waals surface area contributed by atoms with E-state index in [1.54, 1.807) is 24.3 Å². The molecule has 0 spiro atoms. The van der Waals surface area contributed by atoms with Crippen LogP contribution in [0.5, 0.6) is 0 Å². The molecule has 0 unspecified atom stereocenters. The van der Waals surface area contributed by atoms with Gasteiger partial charge in [-0.1, -0.05) is 55.1 Å². The number of aryl methyl sites for hydroxylation is 1. The Morgan fingerprint density at radius 2 is 1.68 bits per heavy atom. The summed E-state index contributed by atoms with van der Waals surface area (Å²) in [7, 11) is 0. The van der Waals surface area contributed by atoms with Gasteiger partial charge in [-0.2, -0.15) is 0 Å². The minimum Gasteiger partial charge on any atom is -0.318 e. The first-order valence-corrected chi connectivity index (χ1v) is 13.0. The minimum atomic E-state index is -0.343. The fourth-order valence-corrected chi connectivity index (χ4v) is 6.16. The molecule has 174 valence electrons. The number of halogens is 1. The number of carbonyl (C=O) groups is 2. The Morgan fingerprint density at radius 3 is 2.38 bits per heavy atom. The highest BCUT2D eigenvalue weighted by Gasteiger charge is 2.37. The van der Waals surface area contributed by atoms with Crippen molar-refractivity contribution < 1.29 is 9.59 Å². The normalized spacial score (nSPS) is 18.3. The van der Waals surface area contributed by atoms with Gasteiger partial charge in [0.25, 0.3) is 11.1 Å². The molecule has 0 N–H and O–H groups in total. The van der Waals surface area contributed by atoms with Gasteiger partial charge in [-0.3, -0.25) is 9.59 Å². The van der Waals surface area contributed by atoms with E-state index >= 15 is 0 Å². The van der Waals surface area contributed by atoms with E-state index in [2.05, 4.69) is 41.8 Å². The number of amides is 2. The molecule has 4 nitrogen and oxygen atoms in total. The van der Waals surface area contributed by atoms with E-state index in [1.807, 2.05) is 13.0 Å². The third kappa shape index (κ3) is 4.23. The molecule has 2 heterocycles. The van der Waals surface area contributed by atoms with Crippen LogP contribution in [0.15, 0.2) is 59.5 Å². The second-order valence-electron chi connectivity index (χ2n) is 9.06. The number of hydrogen-bond donors (Lipinski definition) is 0. The molecule has 2 aromatic carbocycles. The van der Waals surface area contributed by atoms with Crippen molar-refractivity contribution in [3.05, 3.63) is 87.0 Å². The van der Waals surface area contributed by atoms with Gasteiger partial charge in [-0.25, -0.2) is 4.90 Å². The van der Waals surface area contributed by atoms with E-state index in [-0.39, 0.29) is 11.1 Å². The third-order valence-corrected chi connectivity index (χ3v) is 8.06. The summed E-state index contributed by atoms with van der Waals surface area (Å²) in [6.45, 7) is 4.11. The van der Waals surface area contributed by atoms with E-state index in [0.29, 0.717) is 21.5 Å². The number of anilines is 1. The minimum absolute atomic E-state index is 0.337. The average Bonchev–Trinajstić information content (AvgIpc) is 3.28. The highest BCUT2D eigenvalue weighted by Crippen LogP contribution is 2.39. The van der Waals surface area contributed by atoms with E-state index in [4.69, 9.17) is 11.6 Å². The molecule has 5 rings (SSSR count). The van der Waals surface area contributed by atoms with Gasteiger partial charge in [0.05, 0.1) is 15.6 Å². The lowest BCUT2D eigenvalue weighted by Gasteiger charge is -2.22. The topological polar surface area (TPSA) is 42.3 Å². The lowest BCUT2D eigenvalue weighted by Crippen LogP contribution is -2.27. The van der Waals surface area contributed by atoms with Gasteiger partial charge < -0.3 is 4.57 Å². The number of carbonyl (C=O) groups excluding carboxylic acids is 2. The maximum atomic E-state index is 13.1. The molecule has 1 saturated carbocycles. The quantitative estimate of drug-likeness (QED) is 0.347. The molecule has 6 heteroatoms. The Labute approximate surface area is 209 Å². The van der Waals surface area contributed by atoms with Crippen molar-refractivity contribution in [1.82, 2.24) is 4.57 Å². The monoisotopic (exact) mass is 490 g/mol. The first kappa shape index (κ1) is 23.0. The summed E-state index contributed by atoms with van der Waals surface area (Å²) in [6.07, 6.45) is 8.40. The van der Waals surface area contributed by atoms with Gasteiger partial charge in [-0.15, -0.1) is 0 Å². The van der Waals surface area contributed by atoms with Crippen LogP contribution in [0.1, 0.15) is 60.5 Å². The second-order valence-corrected chi connectivity index (χ2v) is 10.5. The van der Waals surface area contributed by atoms with Gasteiger partial charge in [0.1, 0.15) is 0 Å². The largest absolute Gasteiger partial charge is 0.318 e. The SMILES string of the molecule is Cc1cc(/C=C2\SC(=O)N(c3ccccc3Cl)C2=O)c(C)n1-c1ccc(C2CCCCC2)cc1. The van der Waals surface area contributed by atoms with Crippen LogP contribution in [-0.4, -0.2) is 15.7 Å². The molecule has 1 aliphatic carbocycles. The Hall–Kier alpha value is -2.76. The van der Waals surface area contributed by atoms with Crippen molar-refractivity contribution >= 4 is 46.3 Å². The van der Waals surface area contributed by atoms with Crippen LogP contribution < -0.4 is 4.90 Å². The average molecular weight is 491 g/mol.